The average Bonchev–Trinajstić information content (AvgIpc) is 2.41. The fourth-order valence-electron chi connectivity index (χ4n) is 2.10. The second-order valence-corrected chi connectivity index (χ2v) is 4.13. The summed E-state index contributed by atoms with van der Waals surface area (Å²) in [6, 6.07) is 10.5. The normalized spacial score (nSPS) is 10.5. The molecule has 2 rings (SSSR count). The van der Waals surface area contributed by atoms with Crippen molar-refractivity contribution in [3.8, 4) is 0 Å². The van der Waals surface area contributed by atoms with Gasteiger partial charge in [0.2, 0.25) is 0 Å². The zero-order valence-electron chi connectivity index (χ0n) is 10.6. The van der Waals surface area contributed by atoms with E-state index in [1.165, 1.54) is 18.2 Å². The van der Waals surface area contributed by atoms with Gasteiger partial charge in [0.15, 0.2) is 0 Å². The molecule has 1 N–H and O–H groups in total. The van der Waals surface area contributed by atoms with E-state index < -0.39 is 5.82 Å². The first kappa shape index (κ1) is 13.5. The van der Waals surface area contributed by atoms with Gasteiger partial charge in [-0.3, -0.25) is 0 Å². The number of hydrogen-bond donors (Lipinski definition) is 1. The Bertz CT molecular complexity index is 572. The van der Waals surface area contributed by atoms with Crippen LogP contribution in [0, 0.1) is 11.6 Å². The molecule has 0 fully saturated rings. The molecule has 0 atom stereocenters. The number of para-hydroxylation sites is 1. The monoisotopic (exact) mass is 263 g/mol. The molecule has 19 heavy (non-hydrogen) atoms. The summed E-state index contributed by atoms with van der Waals surface area (Å²) in [7, 11) is 0. The molecular formula is C15H15F2NO. The smallest absolute Gasteiger partial charge is 0.147 e. The number of halogens is 2. The maximum atomic E-state index is 14.0. The van der Waals surface area contributed by atoms with Gasteiger partial charge in [-0.15, -0.1) is 0 Å². The number of aliphatic hydroxyl groups excluding tert-OH is 1. The Morgan fingerprint density at radius 1 is 1.11 bits per heavy atom. The SMILES string of the molecule is CCN(c1cccc(F)c1)c1c(F)cccc1CO. The van der Waals surface area contributed by atoms with Gasteiger partial charge in [-0.25, -0.2) is 8.78 Å². The second kappa shape index (κ2) is 5.80. The van der Waals surface area contributed by atoms with Crippen LogP contribution in [0.1, 0.15) is 12.5 Å². The van der Waals surface area contributed by atoms with Crippen molar-refractivity contribution in [3.05, 3.63) is 59.7 Å². The van der Waals surface area contributed by atoms with Crippen LogP contribution >= 0.6 is 0 Å². The molecule has 2 nitrogen and oxygen atoms in total. The van der Waals surface area contributed by atoms with Crippen molar-refractivity contribution < 1.29 is 13.9 Å². The molecule has 0 aliphatic rings. The molecule has 0 saturated carbocycles. The van der Waals surface area contributed by atoms with E-state index in [2.05, 4.69) is 0 Å². The second-order valence-electron chi connectivity index (χ2n) is 4.13. The lowest BCUT2D eigenvalue weighted by molar-refractivity contribution is 0.281. The number of rotatable bonds is 4. The summed E-state index contributed by atoms with van der Waals surface area (Å²) in [4.78, 5) is 1.64. The van der Waals surface area contributed by atoms with E-state index in [1.807, 2.05) is 6.92 Å². The summed E-state index contributed by atoms with van der Waals surface area (Å²) in [5, 5.41) is 9.32. The fraction of sp³-hybridized carbons (Fsp3) is 0.200. The molecule has 0 radical (unpaired) electrons. The van der Waals surface area contributed by atoms with Crippen LogP contribution in [0.15, 0.2) is 42.5 Å². The fourth-order valence-corrected chi connectivity index (χ4v) is 2.10. The molecule has 100 valence electrons. The minimum Gasteiger partial charge on any atom is -0.392 e. The first-order valence-corrected chi connectivity index (χ1v) is 6.08. The molecule has 0 unspecified atom stereocenters. The highest BCUT2D eigenvalue weighted by Crippen LogP contribution is 2.31. The van der Waals surface area contributed by atoms with Gasteiger partial charge in [0.1, 0.15) is 11.6 Å². The Balaban J connectivity index is 2.54. The lowest BCUT2D eigenvalue weighted by Gasteiger charge is -2.26. The molecule has 0 heterocycles. The Kier molecular flexibility index (Phi) is 4.12. The predicted molar refractivity (Wildman–Crippen MR) is 71.4 cm³/mol. The zero-order valence-corrected chi connectivity index (χ0v) is 10.6. The number of hydrogen-bond acceptors (Lipinski definition) is 2. The summed E-state index contributed by atoms with van der Waals surface area (Å²) >= 11 is 0. The summed E-state index contributed by atoms with van der Waals surface area (Å²) in [6.07, 6.45) is 0. The van der Waals surface area contributed by atoms with Crippen LogP contribution in [0.5, 0.6) is 0 Å². The quantitative estimate of drug-likeness (QED) is 0.910. The Morgan fingerprint density at radius 3 is 2.47 bits per heavy atom. The van der Waals surface area contributed by atoms with Gasteiger partial charge in [0.05, 0.1) is 12.3 Å². The maximum absolute atomic E-state index is 14.0. The molecule has 0 bridgehead atoms. The third kappa shape index (κ3) is 2.74. The van der Waals surface area contributed by atoms with Crippen molar-refractivity contribution in [2.75, 3.05) is 11.4 Å². The van der Waals surface area contributed by atoms with E-state index in [9.17, 15) is 13.9 Å². The van der Waals surface area contributed by atoms with E-state index in [0.717, 1.165) is 0 Å². The van der Waals surface area contributed by atoms with Crippen molar-refractivity contribution >= 4 is 11.4 Å². The molecule has 2 aromatic carbocycles. The van der Waals surface area contributed by atoms with E-state index in [-0.39, 0.29) is 18.1 Å². The first-order chi connectivity index (χ1) is 9.17. The lowest BCUT2D eigenvalue weighted by Crippen LogP contribution is -2.19. The molecule has 0 aliphatic heterocycles. The van der Waals surface area contributed by atoms with Gasteiger partial charge in [-0.2, -0.15) is 0 Å². The van der Waals surface area contributed by atoms with Crippen LogP contribution in [0.3, 0.4) is 0 Å². The summed E-state index contributed by atoms with van der Waals surface area (Å²) in [6.45, 7) is 2.05. The van der Waals surface area contributed by atoms with Crippen molar-refractivity contribution in [1.82, 2.24) is 0 Å². The van der Waals surface area contributed by atoms with Gasteiger partial charge in [-0.05, 0) is 31.2 Å². The standard InChI is InChI=1S/C15H15F2NO/c1-2-18(13-7-4-6-12(16)9-13)15-11(10-19)5-3-8-14(15)17/h3-9,19H,2,10H2,1H3. The van der Waals surface area contributed by atoms with E-state index in [1.54, 1.807) is 29.2 Å². The third-order valence-corrected chi connectivity index (χ3v) is 2.95. The summed E-state index contributed by atoms with van der Waals surface area (Å²) < 4.78 is 27.3. The molecule has 0 aromatic heterocycles. The van der Waals surface area contributed by atoms with Crippen LogP contribution in [-0.2, 0) is 6.61 Å². The number of aliphatic hydroxyl groups is 1. The van der Waals surface area contributed by atoms with Gasteiger partial charge in [0, 0.05) is 17.8 Å². The van der Waals surface area contributed by atoms with Crippen molar-refractivity contribution in [3.63, 3.8) is 0 Å². The summed E-state index contributed by atoms with van der Waals surface area (Å²) in [5.74, 6) is -0.810. The van der Waals surface area contributed by atoms with Gasteiger partial charge >= 0.3 is 0 Å². The first-order valence-electron chi connectivity index (χ1n) is 6.08. The summed E-state index contributed by atoms with van der Waals surface area (Å²) in [5.41, 5.74) is 1.33. The maximum Gasteiger partial charge on any atom is 0.147 e. The van der Waals surface area contributed by atoms with Crippen molar-refractivity contribution in [1.29, 1.82) is 0 Å². The number of nitrogens with zero attached hydrogens (tertiary/aromatic N) is 1. The molecule has 0 saturated heterocycles. The highest BCUT2D eigenvalue weighted by molar-refractivity contribution is 5.67. The topological polar surface area (TPSA) is 23.5 Å². The van der Waals surface area contributed by atoms with Crippen LogP contribution in [0.4, 0.5) is 20.2 Å². The van der Waals surface area contributed by atoms with Crippen molar-refractivity contribution in [2.24, 2.45) is 0 Å². The van der Waals surface area contributed by atoms with Gasteiger partial charge in [0.25, 0.3) is 0 Å². The van der Waals surface area contributed by atoms with Gasteiger partial charge in [-0.1, -0.05) is 18.2 Å². The molecule has 2 aromatic rings. The third-order valence-electron chi connectivity index (χ3n) is 2.95. The molecular weight excluding hydrogens is 248 g/mol. The van der Waals surface area contributed by atoms with E-state index in [0.29, 0.717) is 17.8 Å². The van der Waals surface area contributed by atoms with E-state index >= 15 is 0 Å². The largest absolute Gasteiger partial charge is 0.392 e. The Labute approximate surface area is 110 Å². The number of anilines is 2. The zero-order chi connectivity index (χ0) is 13.8. The highest BCUT2D eigenvalue weighted by atomic mass is 19.1. The minimum atomic E-state index is -0.433. The Morgan fingerprint density at radius 2 is 1.84 bits per heavy atom. The van der Waals surface area contributed by atoms with Crippen LogP contribution in [0.2, 0.25) is 0 Å². The van der Waals surface area contributed by atoms with Gasteiger partial charge < -0.3 is 10.0 Å². The Hall–Kier alpha value is -1.94. The lowest BCUT2D eigenvalue weighted by atomic mass is 10.1. The van der Waals surface area contributed by atoms with Crippen molar-refractivity contribution in [2.45, 2.75) is 13.5 Å². The minimum absolute atomic E-state index is 0.265. The predicted octanol–water partition coefficient (Wildman–Crippen LogP) is 3.62. The highest BCUT2D eigenvalue weighted by Gasteiger charge is 2.16. The van der Waals surface area contributed by atoms with Crippen LogP contribution in [-0.4, -0.2) is 11.7 Å². The molecule has 4 heteroatoms. The molecule has 0 amide bonds. The van der Waals surface area contributed by atoms with Crippen LogP contribution in [0.25, 0.3) is 0 Å². The molecule has 0 aliphatic carbocycles. The molecule has 0 spiro atoms. The van der Waals surface area contributed by atoms with E-state index in [4.69, 9.17) is 0 Å². The average molecular weight is 263 g/mol. The van der Waals surface area contributed by atoms with Crippen LogP contribution < -0.4 is 4.90 Å². The number of benzene rings is 2.